The predicted octanol–water partition coefficient (Wildman–Crippen LogP) is 7.05. The van der Waals surface area contributed by atoms with Crippen LogP contribution in [0.2, 0.25) is 5.54 Å². The first-order valence-electron chi connectivity index (χ1n) is 10.7. The normalized spacial score (nSPS) is 17.4. The van der Waals surface area contributed by atoms with Crippen LogP contribution in [0.5, 0.6) is 0 Å². The fourth-order valence-electron chi connectivity index (χ4n) is 2.67. The Bertz CT molecular complexity index is 918. The molecule has 0 radical (unpaired) electrons. The summed E-state index contributed by atoms with van der Waals surface area (Å²) in [7, 11) is -2.68. The molecule has 0 heterocycles. The first kappa shape index (κ1) is 43.5. The highest BCUT2D eigenvalue weighted by Crippen LogP contribution is 2.50. The molecule has 0 N–H and O–H groups in total. The van der Waals surface area contributed by atoms with Gasteiger partial charge in [0.2, 0.25) is 0 Å². The summed E-state index contributed by atoms with van der Waals surface area (Å²) in [5, 5.41) is 0. The molecule has 28 heteroatoms. The van der Waals surface area contributed by atoms with Crippen LogP contribution in [0.3, 0.4) is 0 Å². The van der Waals surface area contributed by atoms with E-state index >= 15 is 0 Å². The molecule has 0 saturated heterocycles. The highest BCUT2D eigenvalue weighted by Gasteiger charge is 2.77. The highest BCUT2D eigenvalue weighted by molar-refractivity contribution is 6.62. The van der Waals surface area contributed by atoms with Gasteiger partial charge in [-0.05, 0) is 6.42 Å². The summed E-state index contributed by atoms with van der Waals surface area (Å²) in [6.45, 7) is -3.80. The third kappa shape index (κ3) is 9.78. The molecule has 0 aromatic rings. The highest BCUT2D eigenvalue weighted by atomic mass is 28.4. The minimum atomic E-state index is -7.24. The van der Waals surface area contributed by atoms with E-state index in [4.69, 9.17) is 13.3 Å². The van der Waals surface area contributed by atoms with E-state index < -0.39 is 95.3 Å². The Kier molecular flexibility index (Phi) is 13.9. The van der Waals surface area contributed by atoms with Crippen molar-refractivity contribution in [1.82, 2.24) is 0 Å². The molecule has 272 valence electrons. The van der Waals surface area contributed by atoms with E-state index in [-0.39, 0.29) is 0 Å². The number of hydrogen-bond donors (Lipinski definition) is 0. The van der Waals surface area contributed by atoms with Crippen LogP contribution in [-0.4, -0.2) is 105 Å². The maximum absolute atomic E-state index is 13.9. The minimum absolute atomic E-state index is 0.648. The second-order valence-electron chi connectivity index (χ2n) is 8.03. The van der Waals surface area contributed by atoms with E-state index in [0.717, 1.165) is 0 Å². The van der Waals surface area contributed by atoms with Crippen molar-refractivity contribution in [3.8, 4) is 0 Å². The van der Waals surface area contributed by atoms with E-state index in [1.165, 1.54) is 0 Å². The van der Waals surface area contributed by atoms with Gasteiger partial charge in [0.25, 0.3) is 12.7 Å². The van der Waals surface area contributed by atoms with Crippen LogP contribution >= 0.6 is 0 Å². The van der Waals surface area contributed by atoms with Crippen molar-refractivity contribution >= 4 is 8.80 Å². The second kappa shape index (κ2) is 14.3. The number of halogens is 20. The molecule has 0 saturated carbocycles. The Hall–Kier alpha value is -1.46. The molecule has 0 amide bonds. The van der Waals surface area contributed by atoms with Gasteiger partial charge in [0.1, 0.15) is 0 Å². The average Bonchev–Trinajstić information content (AvgIpc) is 2.85. The number of ether oxygens (including phenoxy) is 4. The van der Waals surface area contributed by atoms with E-state index in [2.05, 4.69) is 18.9 Å². The summed E-state index contributed by atoms with van der Waals surface area (Å²) in [5.74, 6) is -14.5. The van der Waals surface area contributed by atoms with Crippen molar-refractivity contribution in [2.75, 3.05) is 34.5 Å². The van der Waals surface area contributed by atoms with Crippen LogP contribution < -0.4 is 0 Å². The second-order valence-corrected chi connectivity index (χ2v) is 11.3. The maximum atomic E-state index is 13.9. The molecular weight excluding hydrogens is 724 g/mol. The Morgan fingerprint density at radius 3 is 1.11 bits per heavy atom. The van der Waals surface area contributed by atoms with Gasteiger partial charge in [0.05, 0.1) is 18.8 Å². The zero-order chi connectivity index (χ0) is 36.3. The molecule has 45 heavy (non-hydrogen) atoms. The van der Waals surface area contributed by atoms with Gasteiger partial charge < -0.3 is 22.8 Å². The summed E-state index contributed by atoms with van der Waals surface area (Å²) in [4.78, 5) is 0. The van der Waals surface area contributed by atoms with Gasteiger partial charge in [-0.15, -0.1) is 0 Å². The lowest BCUT2D eigenvalue weighted by atomic mass is 10.3. The monoisotopic (exact) mass is 742 g/mol. The van der Waals surface area contributed by atoms with Crippen LogP contribution in [-0.2, 0) is 32.2 Å². The molecule has 0 aliphatic rings. The number of rotatable bonds is 19. The molecule has 0 aliphatic heterocycles. The predicted molar refractivity (Wildman–Crippen MR) is 101 cm³/mol. The lowest BCUT2D eigenvalue weighted by molar-refractivity contribution is -0.466. The lowest BCUT2D eigenvalue weighted by Crippen LogP contribution is -2.56. The average molecular weight is 742 g/mol. The van der Waals surface area contributed by atoms with Crippen LogP contribution in [0, 0.1) is 0 Å². The third-order valence-corrected chi connectivity index (χ3v) is 8.23. The van der Waals surface area contributed by atoms with E-state index in [1.807, 2.05) is 0 Å². The Labute approximate surface area is 237 Å². The molecular formula is C17H18F20O7Si. The smallest absolute Gasteiger partial charge is 0.377 e. The van der Waals surface area contributed by atoms with Crippen LogP contribution in [0.1, 0.15) is 6.42 Å². The van der Waals surface area contributed by atoms with Crippen LogP contribution in [0.15, 0.2) is 0 Å². The molecule has 0 aromatic heterocycles. The first-order chi connectivity index (χ1) is 19.7. The molecule has 3 atom stereocenters. The van der Waals surface area contributed by atoms with Gasteiger partial charge in [-0.2, -0.15) is 79.0 Å². The Morgan fingerprint density at radius 2 is 0.822 bits per heavy atom. The zero-order valence-electron chi connectivity index (χ0n) is 21.8. The minimum Gasteiger partial charge on any atom is -0.377 e. The topological polar surface area (TPSA) is 64.6 Å². The van der Waals surface area contributed by atoms with Crippen LogP contribution in [0.25, 0.3) is 0 Å². The quantitative estimate of drug-likeness (QED) is 0.104. The standard InChI is InChI=1S/C17H18F20O7Si/c1-38-45(39-2,40-3)7(6-42-11(22,23)9(19)44-17(36,37)13(26,27)15(31,32)33)4-5-41-10(20,21)8(18)43-16(34,35)12(24,25)14(28,29)30/h7-9H,4-6H2,1-3H3. The zero-order valence-corrected chi connectivity index (χ0v) is 22.8. The van der Waals surface area contributed by atoms with Crippen molar-refractivity contribution in [1.29, 1.82) is 0 Å². The fraction of sp³-hybridized carbons (Fsp3) is 1.00. The van der Waals surface area contributed by atoms with Gasteiger partial charge >= 0.3 is 57.4 Å². The largest absolute Gasteiger partial charge is 0.505 e. The van der Waals surface area contributed by atoms with E-state index in [1.54, 1.807) is 0 Å². The lowest BCUT2D eigenvalue weighted by Gasteiger charge is -2.34. The summed E-state index contributed by atoms with van der Waals surface area (Å²) in [6, 6.07) is 0. The first-order valence-corrected chi connectivity index (χ1v) is 12.5. The van der Waals surface area contributed by atoms with Crippen molar-refractivity contribution in [2.45, 2.75) is 73.3 Å². The molecule has 0 spiro atoms. The summed E-state index contributed by atoms with van der Waals surface area (Å²) >= 11 is 0. The number of hydrogen-bond acceptors (Lipinski definition) is 7. The molecule has 0 bridgehead atoms. The SMILES string of the molecule is CO[Si](OC)(OC)C(CCOC(F)(F)C(F)OC(F)(F)C(F)(F)C(F)(F)F)COC(F)(F)C(F)OC(F)(F)C(F)(F)C(F)(F)F. The van der Waals surface area contributed by atoms with Crippen molar-refractivity contribution in [3.05, 3.63) is 0 Å². The Balaban J connectivity index is 5.84. The number of alkyl halides is 20. The van der Waals surface area contributed by atoms with Crippen molar-refractivity contribution in [2.24, 2.45) is 0 Å². The van der Waals surface area contributed by atoms with Gasteiger partial charge in [0, 0.05) is 21.3 Å². The summed E-state index contributed by atoms with van der Waals surface area (Å²) < 4.78 is 284. The molecule has 0 fully saturated rings. The van der Waals surface area contributed by atoms with Gasteiger partial charge in [0.15, 0.2) is 0 Å². The van der Waals surface area contributed by atoms with Gasteiger partial charge in [-0.25, -0.2) is 8.78 Å². The van der Waals surface area contributed by atoms with E-state index in [0.29, 0.717) is 21.3 Å². The van der Waals surface area contributed by atoms with Crippen LogP contribution in [0.4, 0.5) is 87.8 Å². The maximum Gasteiger partial charge on any atom is 0.505 e. The van der Waals surface area contributed by atoms with Gasteiger partial charge in [-0.3, -0.25) is 9.47 Å². The molecule has 7 nitrogen and oxygen atoms in total. The van der Waals surface area contributed by atoms with E-state index in [9.17, 15) is 87.8 Å². The molecule has 0 rings (SSSR count). The molecule has 0 aromatic carbocycles. The summed E-state index contributed by atoms with van der Waals surface area (Å²) in [6.07, 6.45) is -51.5. The van der Waals surface area contributed by atoms with Crippen molar-refractivity contribution < 1.29 is 120 Å². The third-order valence-electron chi connectivity index (χ3n) is 5.07. The molecule has 0 aliphatic carbocycles. The molecule has 3 unspecified atom stereocenters. The van der Waals surface area contributed by atoms with Crippen molar-refractivity contribution in [3.63, 3.8) is 0 Å². The fourth-order valence-corrected chi connectivity index (χ4v) is 4.93. The summed E-state index contributed by atoms with van der Waals surface area (Å²) in [5.41, 5.74) is -2.18. The Morgan fingerprint density at radius 1 is 0.511 bits per heavy atom. The van der Waals surface area contributed by atoms with Gasteiger partial charge in [-0.1, -0.05) is 0 Å².